The number of fused-ring (bicyclic) bond motifs is 3. The van der Waals surface area contributed by atoms with E-state index in [1.54, 1.807) is 6.08 Å². The lowest BCUT2D eigenvalue weighted by Gasteiger charge is -2.12. The first-order valence-corrected chi connectivity index (χ1v) is 19.5. The third-order valence-corrected chi connectivity index (χ3v) is 10.2. The molecule has 4 nitrogen and oxygen atoms in total. The molecule has 58 heavy (non-hydrogen) atoms. The van der Waals surface area contributed by atoms with Crippen molar-refractivity contribution in [2.24, 2.45) is 0 Å². The van der Waals surface area contributed by atoms with Gasteiger partial charge < -0.3 is 4.57 Å². The fraction of sp³-hybridized carbons (Fsp3) is 0.0185. The Morgan fingerprint density at radius 2 is 0.741 bits per heavy atom. The lowest BCUT2D eigenvalue weighted by molar-refractivity contribution is 1.07. The fourth-order valence-electron chi connectivity index (χ4n) is 7.54. The van der Waals surface area contributed by atoms with E-state index in [1.807, 2.05) is 67.6 Å². The Morgan fingerprint density at radius 3 is 1.33 bits per heavy atom. The van der Waals surface area contributed by atoms with Crippen molar-refractivity contribution in [2.45, 2.75) is 6.92 Å². The molecule has 0 fully saturated rings. The monoisotopic (exact) mass is 744 g/mol. The van der Waals surface area contributed by atoms with Gasteiger partial charge in [0, 0.05) is 33.2 Å². The van der Waals surface area contributed by atoms with Crippen LogP contribution in [0.3, 0.4) is 0 Å². The first-order chi connectivity index (χ1) is 28.7. The van der Waals surface area contributed by atoms with Crippen LogP contribution in [-0.4, -0.2) is 19.5 Å². The minimum atomic E-state index is 0.639. The highest BCUT2D eigenvalue weighted by atomic mass is 15.0. The standard InChI is InChI=1S/C51H34N4.C3H6/c1-4-15-35(16-5-1)42-29-30-48-46(34-42)45-27-10-11-28-47(45)55(48)44-26-14-24-41(33-44)39-22-12-21-38(31-39)40-23-13-25-43(32-40)51-53-49(36-17-6-2-7-18-36)52-50(54-51)37-19-8-3-9-20-37;1-3-2/h1-34H;3H,1H2,2H3. The summed E-state index contributed by atoms with van der Waals surface area (Å²) in [5, 5.41) is 2.49. The average molecular weight is 745 g/mol. The second-order valence-corrected chi connectivity index (χ2v) is 14.1. The maximum absolute atomic E-state index is 4.97. The van der Waals surface area contributed by atoms with E-state index in [9.17, 15) is 0 Å². The fourth-order valence-corrected chi connectivity index (χ4v) is 7.54. The summed E-state index contributed by atoms with van der Waals surface area (Å²) in [5.41, 5.74) is 13.3. The number of hydrogen-bond acceptors (Lipinski definition) is 3. The minimum absolute atomic E-state index is 0.639. The van der Waals surface area contributed by atoms with Crippen LogP contribution in [0.15, 0.2) is 219 Å². The van der Waals surface area contributed by atoms with Gasteiger partial charge in [0.2, 0.25) is 0 Å². The zero-order valence-corrected chi connectivity index (χ0v) is 32.2. The molecule has 0 radical (unpaired) electrons. The summed E-state index contributed by atoms with van der Waals surface area (Å²) in [6.07, 6.45) is 1.75. The van der Waals surface area contributed by atoms with E-state index >= 15 is 0 Å². The third-order valence-electron chi connectivity index (χ3n) is 10.2. The van der Waals surface area contributed by atoms with Crippen molar-refractivity contribution in [3.05, 3.63) is 219 Å². The summed E-state index contributed by atoms with van der Waals surface area (Å²) in [4.78, 5) is 14.8. The average Bonchev–Trinajstić information content (AvgIpc) is 3.64. The van der Waals surface area contributed by atoms with Crippen molar-refractivity contribution in [3.63, 3.8) is 0 Å². The van der Waals surface area contributed by atoms with Crippen LogP contribution in [0, 0.1) is 0 Å². The maximum atomic E-state index is 4.97. The van der Waals surface area contributed by atoms with E-state index in [0.717, 1.165) is 44.6 Å². The second-order valence-electron chi connectivity index (χ2n) is 14.1. The molecule has 2 heterocycles. The second kappa shape index (κ2) is 16.2. The Morgan fingerprint density at radius 1 is 0.345 bits per heavy atom. The molecule has 0 bridgehead atoms. The molecule has 0 spiro atoms. The number of hydrogen-bond donors (Lipinski definition) is 0. The Kier molecular flexibility index (Phi) is 10.0. The predicted octanol–water partition coefficient (Wildman–Crippen LogP) is 14.2. The lowest BCUT2D eigenvalue weighted by Crippen LogP contribution is -2.00. The molecule has 0 saturated carbocycles. The van der Waals surface area contributed by atoms with E-state index in [-0.39, 0.29) is 0 Å². The molecule has 276 valence electrons. The molecule has 2 aromatic heterocycles. The zero-order valence-electron chi connectivity index (χ0n) is 32.2. The molecule has 4 heteroatoms. The number of benzene rings is 8. The van der Waals surface area contributed by atoms with Crippen molar-refractivity contribution in [1.82, 2.24) is 19.5 Å². The lowest BCUT2D eigenvalue weighted by atomic mass is 9.97. The first kappa shape index (κ1) is 36.0. The summed E-state index contributed by atoms with van der Waals surface area (Å²) < 4.78 is 2.39. The molecule has 0 aliphatic carbocycles. The number of rotatable bonds is 7. The molecule has 0 aliphatic heterocycles. The number of aromatic nitrogens is 4. The molecule has 10 aromatic rings. The highest BCUT2D eigenvalue weighted by Crippen LogP contribution is 2.37. The van der Waals surface area contributed by atoms with Gasteiger partial charge in [-0.05, 0) is 82.8 Å². The molecule has 0 amide bonds. The van der Waals surface area contributed by atoms with Crippen LogP contribution in [0.1, 0.15) is 6.92 Å². The largest absolute Gasteiger partial charge is 0.309 e. The summed E-state index contributed by atoms with van der Waals surface area (Å²) >= 11 is 0. The van der Waals surface area contributed by atoms with E-state index in [4.69, 9.17) is 15.0 Å². The number of para-hydroxylation sites is 1. The van der Waals surface area contributed by atoms with Gasteiger partial charge in [0.05, 0.1) is 11.0 Å². The molecular formula is C54H40N4. The Balaban J connectivity index is 0.00000141. The molecule has 10 rings (SSSR count). The summed E-state index contributed by atoms with van der Waals surface area (Å²) in [6.45, 7) is 5.25. The summed E-state index contributed by atoms with van der Waals surface area (Å²) in [7, 11) is 0. The molecular weight excluding hydrogens is 705 g/mol. The maximum Gasteiger partial charge on any atom is 0.164 e. The van der Waals surface area contributed by atoms with Crippen molar-refractivity contribution < 1.29 is 0 Å². The quantitative estimate of drug-likeness (QED) is 0.153. The van der Waals surface area contributed by atoms with Crippen LogP contribution < -0.4 is 0 Å². The van der Waals surface area contributed by atoms with Gasteiger partial charge in [0.15, 0.2) is 17.5 Å². The van der Waals surface area contributed by atoms with Gasteiger partial charge in [-0.25, -0.2) is 15.0 Å². The van der Waals surface area contributed by atoms with Gasteiger partial charge in [0.1, 0.15) is 0 Å². The first-order valence-electron chi connectivity index (χ1n) is 19.5. The Bertz CT molecular complexity index is 2960. The van der Waals surface area contributed by atoms with Crippen molar-refractivity contribution in [1.29, 1.82) is 0 Å². The van der Waals surface area contributed by atoms with Crippen LogP contribution in [-0.2, 0) is 0 Å². The highest BCUT2D eigenvalue weighted by Gasteiger charge is 2.15. The summed E-state index contributed by atoms with van der Waals surface area (Å²) in [6, 6.07) is 72.4. The van der Waals surface area contributed by atoms with Crippen LogP contribution in [0.5, 0.6) is 0 Å². The van der Waals surface area contributed by atoms with E-state index in [1.165, 1.54) is 32.9 Å². The summed E-state index contributed by atoms with van der Waals surface area (Å²) in [5.74, 6) is 1.94. The van der Waals surface area contributed by atoms with Crippen LogP contribution in [0.2, 0.25) is 0 Å². The Hall–Kier alpha value is -7.69. The topological polar surface area (TPSA) is 43.6 Å². The van der Waals surface area contributed by atoms with Gasteiger partial charge in [-0.2, -0.15) is 0 Å². The molecule has 8 aromatic carbocycles. The van der Waals surface area contributed by atoms with Crippen LogP contribution in [0.4, 0.5) is 0 Å². The molecule has 0 saturated heterocycles. The van der Waals surface area contributed by atoms with Gasteiger partial charge >= 0.3 is 0 Å². The van der Waals surface area contributed by atoms with Crippen molar-refractivity contribution in [2.75, 3.05) is 0 Å². The SMILES string of the molecule is C=CC.c1ccc(-c2ccc3c(c2)c2ccccc2n3-c2cccc(-c3cccc(-c4cccc(-c5nc(-c6ccccc6)nc(-c6ccccc6)n5)c4)c3)c2)cc1. The van der Waals surface area contributed by atoms with E-state index < -0.39 is 0 Å². The van der Waals surface area contributed by atoms with Gasteiger partial charge in [-0.3, -0.25) is 0 Å². The molecule has 0 N–H and O–H groups in total. The van der Waals surface area contributed by atoms with Gasteiger partial charge in [-0.1, -0.05) is 170 Å². The van der Waals surface area contributed by atoms with E-state index in [2.05, 4.69) is 157 Å². The highest BCUT2D eigenvalue weighted by molar-refractivity contribution is 6.10. The molecule has 0 atom stereocenters. The smallest absolute Gasteiger partial charge is 0.164 e. The van der Waals surface area contributed by atoms with Crippen LogP contribution in [0.25, 0.3) is 95.0 Å². The van der Waals surface area contributed by atoms with Crippen molar-refractivity contribution in [3.8, 4) is 73.2 Å². The zero-order chi connectivity index (χ0) is 39.3. The van der Waals surface area contributed by atoms with Crippen molar-refractivity contribution >= 4 is 21.8 Å². The third kappa shape index (κ3) is 7.23. The van der Waals surface area contributed by atoms with Gasteiger partial charge in [-0.15, -0.1) is 6.58 Å². The van der Waals surface area contributed by atoms with E-state index in [0.29, 0.717) is 17.5 Å². The van der Waals surface area contributed by atoms with Crippen LogP contribution >= 0.6 is 0 Å². The molecule has 0 unspecified atom stereocenters. The van der Waals surface area contributed by atoms with Gasteiger partial charge in [0.25, 0.3) is 0 Å². The normalized spacial score (nSPS) is 10.9. The predicted molar refractivity (Wildman–Crippen MR) is 243 cm³/mol. The molecule has 0 aliphatic rings. The number of nitrogens with zero attached hydrogens (tertiary/aromatic N) is 4. The Labute approximate surface area is 339 Å². The minimum Gasteiger partial charge on any atom is -0.309 e. The number of allylic oxidation sites excluding steroid dienone is 1.